The van der Waals surface area contributed by atoms with Crippen molar-refractivity contribution < 1.29 is 8.78 Å². The molecule has 2 unspecified atom stereocenters. The van der Waals surface area contributed by atoms with Gasteiger partial charge in [-0.3, -0.25) is 0 Å². The van der Waals surface area contributed by atoms with Crippen molar-refractivity contribution in [2.75, 3.05) is 0 Å². The molecule has 1 nitrogen and oxygen atoms in total. The van der Waals surface area contributed by atoms with Crippen molar-refractivity contribution in [2.24, 2.45) is 11.1 Å². The lowest BCUT2D eigenvalue weighted by molar-refractivity contribution is -0.0220. The Bertz CT molecular complexity index is 186. The molecule has 0 bridgehead atoms. The highest BCUT2D eigenvalue weighted by Gasteiger charge is 2.56. The maximum Gasteiger partial charge on any atom is 0.248 e. The summed E-state index contributed by atoms with van der Waals surface area (Å²) in [6.07, 6.45) is 2.60. The lowest BCUT2D eigenvalue weighted by Crippen LogP contribution is -2.49. The Hall–Kier alpha value is 0.110. The molecule has 72 valence electrons. The van der Waals surface area contributed by atoms with Crippen LogP contribution >= 0.6 is 12.4 Å². The molecule has 0 aromatic rings. The van der Waals surface area contributed by atoms with E-state index in [0.29, 0.717) is 6.42 Å². The zero-order valence-electron chi connectivity index (χ0n) is 6.85. The van der Waals surface area contributed by atoms with Gasteiger partial charge in [0, 0.05) is 18.9 Å². The second-order valence-corrected chi connectivity index (χ2v) is 4.04. The fraction of sp³-hybridized carbons (Fsp3) is 1.00. The number of rotatable bonds is 0. The van der Waals surface area contributed by atoms with E-state index in [1.807, 2.05) is 0 Å². The summed E-state index contributed by atoms with van der Waals surface area (Å²) >= 11 is 0. The predicted molar refractivity (Wildman–Crippen MR) is 45.7 cm³/mol. The van der Waals surface area contributed by atoms with E-state index in [2.05, 4.69) is 0 Å². The normalized spacial score (nSPS) is 43.8. The van der Waals surface area contributed by atoms with Crippen molar-refractivity contribution >= 4 is 12.4 Å². The molecule has 1 spiro atoms. The third-order valence-electron chi connectivity index (χ3n) is 3.34. The van der Waals surface area contributed by atoms with Gasteiger partial charge in [-0.05, 0) is 24.7 Å². The van der Waals surface area contributed by atoms with Gasteiger partial charge in [0.1, 0.15) is 0 Å². The summed E-state index contributed by atoms with van der Waals surface area (Å²) in [5.41, 5.74) is 5.54. The van der Waals surface area contributed by atoms with Gasteiger partial charge in [0.25, 0.3) is 0 Å². The number of halogens is 3. The van der Waals surface area contributed by atoms with Crippen LogP contribution in [0.25, 0.3) is 0 Å². The summed E-state index contributed by atoms with van der Waals surface area (Å²) in [6, 6.07) is 0.0517. The van der Waals surface area contributed by atoms with Gasteiger partial charge in [-0.2, -0.15) is 0 Å². The second kappa shape index (κ2) is 2.81. The molecule has 0 aliphatic heterocycles. The number of alkyl halides is 2. The van der Waals surface area contributed by atoms with Crippen LogP contribution in [0.1, 0.15) is 32.1 Å². The van der Waals surface area contributed by atoms with Gasteiger partial charge in [0.05, 0.1) is 0 Å². The Morgan fingerprint density at radius 2 is 1.83 bits per heavy atom. The van der Waals surface area contributed by atoms with E-state index in [1.54, 1.807) is 0 Å². The van der Waals surface area contributed by atoms with Crippen LogP contribution in [0.4, 0.5) is 8.78 Å². The summed E-state index contributed by atoms with van der Waals surface area (Å²) in [7, 11) is 0. The van der Waals surface area contributed by atoms with Gasteiger partial charge in [-0.1, -0.05) is 0 Å². The number of hydrogen-bond donors (Lipinski definition) is 1. The Balaban J connectivity index is 0.000000720. The first kappa shape index (κ1) is 10.2. The van der Waals surface area contributed by atoms with Crippen LogP contribution in [0.15, 0.2) is 0 Å². The SMILES string of the molecule is Cl.NC1CCC12CCC(F)(F)C2. The Labute approximate surface area is 77.1 Å². The summed E-state index contributed by atoms with van der Waals surface area (Å²) in [4.78, 5) is 0. The average molecular weight is 198 g/mol. The molecule has 2 N–H and O–H groups in total. The van der Waals surface area contributed by atoms with Gasteiger partial charge in [0.15, 0.2) is 0 Å². The molecule has 2 atom stereocenters. The van der Waals surface area contributed by atoms with Gasteiger partial charge >= 0.3 is 0 Å². The van der Waals surface area contributed by atoms with Gasteiger partial charge in [-0.25, -0.2) is 8.78 Å². The fourth-order valence-electron chi connectivity index (χ4n) is 2.37. The summed E-state index contributed by atoms with van der Waals surface area (Å²) in [5, 5.41) is 0. The van der Waals surface area contributed by atoms with Crippen molar-refractivity contribution in [2.45, 2.75) is 44.1 Å². The van der Waals surface area contributed by atoms with Crippen LogP contribution in [-0.4, -0.2) is 12.0 Å². The lowest BCUT2D eigenvalue weighted by Gasteiger charge is -2.45. The molecule has 2 saturated carbocycles. The first-order chi connectivity index (χ1) is 5.04. The van der Waals surface area contributed by atoms with Crippen LogP contribution in [0, 0.1) is 5.41 Å². The maximum atomic E-state index is 12.8. The third kappa shape index (κ3) is 1.33. The number of hydrogen-bond acceptors (Lipinski definition) is 1. The van der Waals surface area contributed by atoms with Crippen molar-refractivity contribution in [3.8, 4) is 0 Å². The molecule has 0 saturated heterocycles. The Morgan fingerprint density at radius 3 is 2.00 bits per heavy atom. The first-order valence-corrected chi connectivity index (χ1v) is 4.18. The van der Waals surface area contributed by atoms with Crippen LogP contribution in [0.3, 0.4) is 0 Å². The van der Waals surface area contributed by atoms with E-state index in [4.69, 9.17) is 5.73 Å². The minimum Gasteiger partial charge on any atom is -0.327 e. The molecule has 0 aromatic carbocycles. The molecule has 2 aliphatic rings. The molecule has 0 heterocycles. The van der Waals surface area contributed by atoms with Gasteiger partial charge in [0.2, 0.25) is 5.92 Å². The highest BCUT2D eigenvalue weighted by molar-refractivity contribution is 5.85. The number of nitrogens with two attached hydrogens (primary N) is 1. The van der Waals surface area contributed by atoms with E-state index in [9.17, 15) is 8.78 Å². The monoisotopic (exact) mass is 197 g/mol. The van der Waals surface area contributed by atoms with Crippen molar-refractivity contribution in [1.29, 1.82) is 0 Å². The highest BCUT2D eigenvalue weighted by atomic mass is 35.5. The molecule has 0 aromatic heterocycles. The van der Waals surface area contributed by atoms with Crippen LogP contribution < -0.4 is 5.73 Å². The Kier molecular flexibility index (Phi) is 2.39. The van der Waals surface area contributed by atoms with Crippen molar-refractivity contribution in [1.82, 2.24) is 0 Å². The highest BCUT2D eigenvalue weighted by Crippen LogP contribution is 2.57. The van der Waals surface area contributed by atoms with Gasteiger partial charge < -0.3 is 5.73 Å². The van der Waals surface area contributed by atoms with Crippen molar-refractivity contribution in [3.05, 3.63) is 0 Å². The van der Waals surface area contributed by atoms with Crippen molar-refractivity contribution in [3.63, 3.8) is 0 Å². The predicted octanol–water partition coefficient (Wildman–Crippen LogP) is 2.33. The molecule has 0 amide bonds. The van der Waals surface area contributed by atoms with E-state index in [-0.39, 0.29) is 36.7 Å². The second-order valence-electron chi connectivity index (χ2n) is 4.04. The standard InChI is InChI=1S/C8H13F2N.ClH/c9-8(10)4-3-7(5-8)2-1-6(7)11;/h6H,1-5,11H2;1H. The van der Waals surface area contributed by atoms with Gasteiger partial charge in [-0.15, -0.1) is 12.4 Å². The first-order valence-electron chi connectivity index (χ1n) is 4.18. The zero-order chi connectivity index (χ0) is 8.11. The quantitative estimate of drug-likeness (QED) is 0.634. The van der Waals surface area contributed by atoms with E-state index < -0.39 is 5.92 Å². The zero-order valence-corrected chi connectivity index (χ0v) is 7.67. The lowest BCUT2D eigenvalue weighted by atomic mass is 9.63. The molecular weight excluding hydrogens is 184 g/mol. The smallest absolute Gasteiger partial charge is 0.248 e. The van der Waals surface area contributed by atoms with E-state index >= 15 is 0 Å². The Morgan fingerprint density at radius 1 is 1.17 bits per heavy atom. The van der Waals surface area contributed by atoms with Crippen LogP contribution in [0.2, 0.25) is 0 Å². The summed E-state index contributed by atoms with van der Waals surface area (Å²) in [6.45, 7) is 0. The van der Waals surface area contributed by atoms with E-state index in [0.717, 1.165) is 12.8 Å². The van der Waals surface area contributed by atoms with E-state index in [1.165, 1.54) is 0 Å². The maximum absolute atomic E-state index is 12.8. The topological polar surface area (TPSA) is 26.0 Å². The summed E-state index contributed by atoms with van der Waals surface area (Å²) in [5.74, 6) is -2.42. The molecular formula is C8H14ClF2N. The molecule has 4 heteroatoms. The van der Waals surface area contributed by atoms with Crippen LogP contribution in [0.5, 0.6) is 0 Å². The summed E-state index contributed by atoms with van der Waals surface area (Å²) < 4.78 is 25.6. The molecule has 2 aliphatic carbocycles. The largest absolute Gasteiger partial charge is 0.327 e. The third-order valence-corrected chi connectivity index (χ3v) is 3.34. The molecule has 12 heavy (non-hydrogen) atoms. The molecule has 0 radical (unpaired) electrons. The molecule has 2 fully saturated rings. The van der Waals surface area contributed by atoms with Crippen LogP contribution in [-0.2, 0) is 0 Å². The fourth-order valence-corrected chi connectivity index (χ4v) is 2.37. The minimum absolute atomic E-state index is 0. The molecule has 2 rings (SSSR count). The average Bonchev–Trinajstić information content (AvgIpc) is 2.26. The minimum atomic E-state index is -2.42.